The number of hydrogen-bond acceptors (Lipinski definition) is 3. The van der Waals surface area contributed by atoms with Gasteiger partial charge in [0.15, 0.2) is 5.60 Å². The summed E-state index contributed by atoms with van der Waals surface area (Å²) in [7, 11) is 0. The second-order valence-electron chi connectivity index (χ2n) is 9.61. The number of ether oxygens (including phenoxy) is 1. The number of nitrogens with zero attached hydrogens (tertiary/aromatic N) is 1. The minimum absolute atomic E-state index is 0.0781. The van der Waals surface area contributed by atoms with Crippen molar-refractivity contribution in [3.05, 3.63) is 93.0 Å². The molecule has 1 atom stereocenters. The van der Waals surface area contributed by atoms with E-state index < -0.39 is 28.8 Å². The molecule has 0 saturated carbocycles. The maximum absolute atomic E-state index is 13.3. The van der Waals surface area contributed by atoms with E-state index in [2.05, 4.69) is 26.2 Å². The summed E-state index contributed by atoms with van der Waals surface area (Å²) in [5.41, 5.74) is -0.945. The number of benzene rings is 2. The van der Waals surface area contributed by atoms with Crippen molar-refractivity contribution in [2.45, 2.75) is 57.3 Å². The Morgan fingerprint density at radius 3 is 2.28 bits per heavy atom. The van der Waals surface area contributed by atoms with Gasteiger partial charge in [0, 0.05) is 33.2 Å². The molecule has 9 heteroatoms. The molecule has 0 radical (unpaired) electrons. The second-order valence-corrected chi connectivity index (χ2v) is 11.0. The predicted octanol–water partition coefficient (Wildman–Crippen LogP) is 7.60. The Morgan fingerprint density at radius 1 is 1.06 bits per heavy atom. The van der Waals surface area contributed by atoms with Crippen LogP contribution in [0.1, 0.15) is 50.3 Å². The first-order chi connectivity index (χ1) is 16.7. The van der Waals surface area contributed by atoms with Crippen molar-refractivity contribution >= 4 is 33.4 Å². The van der Waals surface area contributed by atoms with E-state index in [1.807, 2.05) is 62.4 Å². The molecule has 0 aliphatic rings. The monoisotopic (exact) mass is 582 g/mol. The normalized spacial score (nSPS) is 13.2. The summed E-state index contributed by atoms with van der Waals surface area (Å²) in [6.07, 6.45) is -3.20. The van der Waals surface area contributed by atoms with Crippen molar-refractivity contribution in [1.82, 2.24) is 10.3 Å². The highest BCUT2D eigenvalue weighted by Gasteiger charge is 2.39. The molecule has 0 unspecified atom stereocenters. The van der Waals surface area contributed by atoms with Crippen LogP contribution in [-0.2, 0) is 17.4 Å². The summed E-state index contributed by atoms with van der Waals surface area (Å²) in [5, 5.41) is 3.73. The number of pyridine rings is 1. The third kappa shape index (κ3) is 7.23. The third-order valence-electron chi connectivity index (χ3n) is 5.88. The molecule has 4 nitrogen and oxygen atoms in total. The first-order valence-electron chi connectivity index (χ1n) is 11.2. The number of alkyl halides is 3. The van der Waals surface area contributed by atoms with Crippen LogP contribution in [0.4, 0.5) is 13.2 Å². The number of nitrogens with one attached hydrogen (secondary N) is 1. The van der Waals surface area contributed by atoms with Gasteiger partial charge >= 0.3 is 6.18 Å². The van der Waals surface area contributed by atoms with Gasteiger partial charge in [-0.15, -0.1) is 0 Å². The number of aromatic nitrogens is 1. The van der Waals surface area contributed by atoms with Gasteiger partial charge in [-0.25, -0.2) is 4.98 Å². The topological polar surface area (TPSA) is 51.2 Å². The second kappa shape index (κ2) is 10.8. The van der Waals surface area contributed by atoms with Crippen molar-refractivity contribution in [3.63, 3.8) is 0 Å². The van der Waals surface area contributed by atoms with Gasteiger partial charge in [0.2, 0.25) is 5.88 Å². The summed E-state index contributed by atoms with van der Waals surface area (Å²) in [5.74, 6) is -0.629. The number of carbonyl (C=O) groups excluding carboxylic acids is 1. The highest BCUT2D eigenvalue weighted by Crippen LogP contribution is 2.34. The number of hydrogen-bond donors (Lipinski definition) is 1. The standard InChI is InChI=1S/C27H27BrClF3N2O2/c1-25(2,22(18-6-5-7-20(28)15-18)14-17-8-11-21(29)12-9-17)34-24(35)26(3,4)36-23-13-10-19(16-33-23)27(30,31)32/h5-13,15-16,22H,14H2,1-4H3,(H,34,35)/t22-/m0/s1. The van der Waals surface area contributed by atoms with Crippen molar-refractivity contribution in [3.8, 4) is 5.88 Å². The lowest BCUT2D eigenvalue weighted by atomic mass is 9.77. The van der Waals surface area contributed by atoms with Crippen LogP contribution in [0.5, 0.6) is 5.88 Å². The minimum Gasteiger partial charge on any atom is -0.462 e. The quantitative estimate of drug-likeness (QED) is 0.297. The Balaban J connectivity index is 1.83. The highest BCUT2D eigenvalue weighted by atomic mass is 79.9. The lowest BCUT2D eigenvalue weighted by Gasteiger charge is -2.38. The van der Waals surface area contributed by atoms with Crippen LogP contribution in [0.2, 0.25) is 5.02 Å². The molecule has 0 aliphatic heterocycles. The van der Waals surface area contributed by atoms with Crippen LogP contribution in [-0.4, -0.2) is 22.0 Å². The highest BCUT2D eigenvalue weighted by molar-refractivity contribution is 9.10. The molecule has 0 aliphatic carbocycles. The summed E-state index contributed by atoms with van der Waals surface area (Å²) in [6, 6.07) is 17.4. The zero-order valence-corrected chi connectivity index (χ0v) is 22.6. The van der Waals surface area contributed by atoms with Gasteiger partial charge in [-0.05, 0) is 75.6 Å². The van der Waals surface area contributed by atoms with E-state index in [-0.39, 0.29) is 11.8 Å². The number of amides is 1. The molecule has 3 rings (SSSR count). The van der Waals surface area contributed by atoms with Crippen LogP contribution in [0.15, 0.2) is 71.3 Å². The third-order valence-corrected chi connectivity index (χ3v) is 6.63. The van der Waals surface area contributed by atoms with Gasteiger partial charge in [-0.1, -0.05) is 51.8 Å². The lowest BCUT2D eigenvalue weighted by molar-refractivity contribution is -0.138. The first kappa shape index (κ1) is 28.0. The fourth-order valence-electron chi connectivity index (χ4n) is 3.82. The summed E-state index contributed by atoms with van der Waals surface area (Å²) >= 11 is 9.58. The van der Waals surface area contributed by atoms with E-state index in [9.17, 15) is 18.0 Å². The van der Waals surface area contributed by atoms with Gasteiger partial charge in [0.05, 0.1) is 5.56 Å². The Labute approximate surface area is 222 Å². The molecule has 2 aromatic carbocycles. The van der Waals surface area contributed by atoms with Crippen molar-refractivity contribution < 1.29 is 22.7 Å². The van der Waals surface area contributed by atoms with E-state index in [0.717, 1.165) is 27.7 Å². The molecule has 1 heterocycles. The molecule has 0 saturated heterocycles. The van der Waals surface area contributed by atoms with E-state index in [1.165, 1.54) is 0 Å². The van der Waals surface area contributed by atoms with Crippen LogP contribution in [0.25, 0.3) is 0 Å². The maximum Gasteiger partial charge on any atom is 0.417 e. The van der Waals surface area contributed by atoms with Crippen molar-refractivity contribution in [2.24, 2.45) is 0 Å². The summed E-state index contributed by atoms with van der Waals surface area (Å²) in [4.78, 5) is 17.1. The van der Waals surface area contributed by atoms with E-state index in [0.29, 0.717) is 17.6 Å². The molecular weight excluding hydrogens is 557 g/mol. The maximum atomic E-state index is 13.3. The zero-order chi connectivity index (χ0) is 26.7. The Hall–Kier alpha value is -2.58. The van der Waals surface area contributed by atoms with Gasteiger partial charge in [0.1, 0.15) is 0 Å². The Morgan fingerprint density at radius 2 is 1.72 bits per heavy atom. The average Bonchev–Trinajstić information content (AvgIpc) is 2.77. The summed E-state index contributed by atoms with van der Waals surface area (Å²) in [6.45, 7) is 6.95. The lowest BCUT2D eigenvalue weighted by Crippen LogP contribution is -2.56. The number of rotatable bonds is 8. The zero-order valence-electron chi connectivity index (χ0n) is 20.3. The summed E-state index contributed by atoms with van der Waals surface area (Å²) < 4.78 is 45.1. The average molecular weight is 584 g/mol. The molecule has 0 bridgehead atoms. The van der Waals surface area contributed by atoms with Crippen LogP contribution < -0.4 is 10.1 Å². The van der Waals surface area contributed by atoms with E-state index >= 15 is 0 Å². The Kier molecular flexibility index (Phi) is 8.41. The smallest absolute Gasteiger partial charge is 0.417 e. The Bertz CT molecular complexity index is 1200. The van der Waals surface area contributed by atoms with Gasteiger partial charge < -0.3 is 10.1 Å². The molecule has 0 fully saturated rings. The van der Waals surface area contributed by atoms with Gasteiger partial charge in [-0.2, -0.15) is 13.2 Å². The molecule has 1 amide bonds. The molecule has 1 N–H and O–H groups in total. The molecule has 0 spiro atoms. The predicted molar refractivity (Wildman–Crippen MR) is 138 cm³/mol. The minimum atomic E-state index is -4.51. The molecule has 192 valence electrons. The van der Waals surface area contributed by atoms with E-state index in [4.69, 9.17) is 16.3 Å². The largest absolute Gasteiger partial charge is 0.462 e. The fourth-order valence-corrected chi connectivity index (χ4v) is 4.36. The van der Waals surface area contributed by atoms with E-state index in [1.54, 1.807) is 13.8 Å². The van der Waals surface area contributed by atoms with Crippen LogP contribution >= 0.6 is 27.5 Å². The van der Waals surface area contributed by atoms with Gasteiger partial charge in [0.25, 0.3) is 5.91 Å². The van der Waals surface area contributed by atoms with Crippen LogP contribution in [0.3, 0.4) is 0 Å². The molecular formula is C27H27BrClF3N2O2. The number of halogens is 5. The van der Waals surface area contributed by atoms with Crippen molar-refractivity contribution in [1.29, 1.82) is 0 Å². The molecule has 36 heavy (non-hydrogen) atoms. The SMILES string of the molecule is CC(C)(Oc1ccc(C(F)(F)F)cn1)C(=O)NC(C)(C)[C@@H](Cc1ccc(Cl)cc1)c1cccc(Br)c1. The van der Waals surface area contributed by atoms with Gasteiger partial charge in [-0.3, -0.25) is 4.79 Å². The van der Waals surface area contributed by atoms with Crippen LogP contribution in [0, 0.1) is 0 Å². The number of carbonyl (C=O) groups is 1. The molecule has 1 aromatic heterocycles. The molecule has 3 aromatic rings. The first-order valence-corrected chi connectivity index (χ1v) is 12.4. The van der Waals surface area contributed by atoms with Crippen molar-refractivity contribution in [2.75, 3.05) is 0 Å². The fraction of sp³-hybridized carbons (Fsp3) is 0.333.